The van der Waals surface area contributed by atoms with Gasteiger partial charge in [-0.25, -0.2) is 15.0 Å². The first-order chi connectivity index (χ1) is 17.6. The Morgan fingerprint density at radius 2 is 1.87 bits per heavy atom. The molecule has 12 heteroatoms. The van der Waals surface area contributed by atoms with E-state index in [1.807, 2.05) is 49.7 Å². The van der Waals surface area contributed by atoms with E-state index in [9.17, 15) is 4.79 Å². The average Bonchev–Trinajstić information content (AvgIpc) is 3.60. The molecule has 0 aliphatic carbocycles. The molecule has 5 aromatic heterocycles. The fourth-order valence-electron chi connectivity index (χ4n) is 5.33. The molecule has 1 aliphatic rings. The SMILES string of the molecule is Cc1nc2scc(C)n2c(=O)c1CCN1CCC(Cc2nc3cccnc3n2Cc2ccco2)CC1.Cl.Cl.Cl. The first kappa shape index (κ1) is 31.1. The lowest BCUT2D eigenvalue weighted by Gasteiger charge is -2.32. The molecular formula is C27H33Cl3N6O2S. The van der Waals surface area contributed by atoms with Crippen molar-refractivity contribution in [1.29, 1.82) is 0 Å². The van der Waals surface area contributed by atoms with Crippen molar-refractivity contribution in [2.45, 2.75) is 46.1 Å². The Balaban J connectivity index is 0.00000140. The largest absolute Gasteiger partial charge is 0.467 e. The molecule has 0 aromatic carbocycles. The van der Waals surface area contributed by atoms with Crippen LogP contribution in [0.5, 0.6) is 0 Å². The van der Waals surface area contributed by atoms with E-state index < -0.39 is 0 Å². The number of fused-ring (bicyclic) bond motifs is 2. The van der Waals surface area contributed by atoms with E-state index >= 15 is 0 Å². The third-order valence-electron chi connectivity index (χ3n) is 7.37. The molecular weight excluding hydrogens is 579 g/mol. The number of furan rings is 1. The van der Waals surface area contributed by atoms with Crippen molar-refractivity contribution in [2.24, 2.45) is 5.92 Å². The molecule has 210 valence electrons. The summed E-state index contributed by atoms with van der Waals surface area (Å²) in [4.78, 5) is 30.5. The van der Waals surface area contributed by atoms with Crippen molar-refractivity contribution < 1.29 is 4.42 Å². The highest BCUT2D eigenvalue weighted by molar-refractivity contribution is 7.15. The predicted molar refractivity (Wildman–Crippen MR) is 162 cm³/mol. The third-order valence-corrected chi connectivity index (χ3v) is 8.32. The number of thiazole rings is 1. The van der Waals surface area contributed by atoms with Crippen molar-refractivity contribution in [1.82, 2.24) is 28.8 Å². The van der Waals surface area contributed by atoms with Crippen LogP contribution in [0, 0.1) is 19.8 Å². The molecule has 1 saturated heterocycles. The highest BCUT2D eigenvalue weighted by Crippen LogP contribution is 2.25. The zero-order chi connectivity index (χ0) is 24.6. The Bertz CT molecular complexity index is 1570. The first-order valence-corrected chi connectivity index (χ1v) is 13.5. The Labute approximate surface area is 249 Å². The van der Waals surface area contributed by atoms with Gasteiger partial charge in [-0.05, 0) is 76.4 Å². The van der Waals surface area contributed by atoms with Crippen molar-refractivity contribution in [2.75, 3.05) is 19.6 Å². The minimum Gasteiger partial charge on any atom is -0.467 e. The number of nitrogens with zero attached hydrogens (tertiary/aromatic N) is 6. The van der Waals surface area contributed by atoms with E-state index in [1.54, 1.807) is 10.7 Å². The summed E-state index contributed by atoms with van der Waals surface area (Å²) in [6, 6.07) is 7.89. The van der Waals surface area contributed by atoms with Crippen LogP contribution in [-0.2, 0) is 19.4 Å². The van der Waals surface area contributed by atoms with E-state index in [1.165, 1.54) is 11.3 Å². The van der Waals surface area contributed by atoms with Gasteiger partial charge in [0, 0.05) is 41.5 Å². The van der Waals surface area contributed by atoms with Gasteiger partial charge in [0.25, 0.3) is 5.56 Å². The molecule has 0 radical (unpaired) electrons. The standard InChI is InChI=1S/C27H30N6O2S.3ClH/c1-18-17-36-27-29-19(2)22(26(34)33(18)27)9-13-31-11-7-20(8-12-31)15-24-30-23-6-3-10-28-25(23)32(24)16-21-5-4-14-35-21;;;/h3-6,10,14,17,20H,7-9,11-13,15-16H2,1-2H3;3*1H. The van der Waals surface area contributed by atoms with Gasteiger partial charge in [-0.2, -0.15) is 0 Å². The van der Waals surface area contributed by atoms with Gasteiger partial charge in [-0.15, -0.1) is 48.6 Å². The number of pyridine rings is 1. The molecule has 39 heavy (non-hydrogen) atoms. The molecule has 5 aromatic rings. The summed E-state index contributed by atoms with van der Waals surface area (Å²) < 4.78 is 9.56. The van der Waals surface area contributed by atoms with Crippen molar-refractivity contribution in [3.8, 4) is 0 Å². The van der Waals surface area contributed by atoms with Crippen LogP contribution < -0.4 is 5.56 Å². The minimum absolute atomic E-state index is 0. The van der Waals surface area contributed by atoms with Crippen molar-refractivity contribution in [3.05, 3.63) is 81.0 Å². The lowest BCUT2D eigenvalue weighted by molar-refractivity contribution is 0.184. The summed E-state index contributed by atoms with van der Waals surface area (Å²) in [7, 11) is 0. The topological polar surface area (TPSA) is 81.5 Å². The number of halogens is 3. The van der Waals surface area contributed by atoms with Crippen LogP contribution in [-0.4, -0.2) is 48.5 Å². The van der Waals surface area contributed by atoms with Crippen molar-refractivity contribution >= 4 is 64.7 Å². The highest BCUT2D eigenvalue weighted by atomic mass is 35.5. The number of piperidine rings is 1. The number of imidazole rings is 1. The number of likely N-dealkylation sites (tertiary alicyclic amines) is 1. The second-order valence-corrected chi connectivity index (χ2v) is 10.6. The number of aromatic nitrogens is 5. The number of rotatable bonds is 7. The monoisotopic (exact) mass is 610 g/mol. The summed E-state index contributed by atoms with van der Waals surface area (Å²) in [5.74, 6) is 2.56. The molecule has 1 fully saturated rings. The van der Waals surface area contributed by atoms with E-state index in [0.717, 1.165) is 90.0 Å². The maximum Gasteiger partial charge on any atom is 0.262 e. The smallest absolute Gasteiger partial charge is 0.262 e. The van der Waals surface area contributed by atoms with Crippen LogP contribution in [0.2, 0.25) is 0 Å². The van der Waals surface area contributed by atoms with E-state index in [4.69, 9.17) is 9.40 Å². The van der Waals surface area contributed by atoms with Gasteiger partial charge in [0.1, 0.15) is 17.1 Å². The molecule has 1 aliphatic heterocycles. The fourth-order valence-corrected chi connectivity index (χ4v) is 6.24. The molecule has 0 amide bonds. The van der Waals surface area contributed by atoms with Gasteiger partial charge in [0.2, 0.25) is 0 Å². The molecule has 0 bridgehead atoms. The predicted octanol–water partition coefficient (Wildman–Crippen LogP) is 5.52. The van der Waals surface area contributed by atoms with E-state index in [2.05, 4.69) is 19.4 Å². The normalized spacial score (nSPS) is 14.2. The van der Waals surface area contributed by atoms with Crippen LogP contribution in [0.25, 0.3) is 16.1 Å². The molecule has 6 heterocycles. The molecule has 8 nitrogen and oxygen atoms in total. The minimum atomic E-state index is 0. The zero-order valence-corrected chi connectivity index (χ0v) is 25.2. The van der Waals surface area contributed by atoms with Crippen LogP contribution in [0.15, 0.2) is 51.3 Å². The molecule has 6 rings (SSSR count). The summed E-state index contributed by atoms with van der Waals surface area (Å²) in [5.41, 5.74) is 4.60. The zero-order valence-electron chi connectivity index (χ0n) is 21.9. The molecule has 0 spiro atoms. The summed E-state index contributed by atoms with van der Waals surface area (Å²) >= 11 is 1.53. The molecule has 0 saturated carbocycles. The maximum atomic E-state index is 13.1. The van der Waals surface area contributed by atoms with Gasteiger partial charge in [0.05, 0.1) is 12.8 Å². The summed E-state index contributed by atoms with van der Waals surface area (Å²) in [6.45, 7) is 7.53. The first-order valence-electron chi connectivity index (χ1n) is 12.6. The lowest BCUT2D eigenvalue weighted by Crippen LogP contribution is -2.37. The summed E-state index contributed by atoms with van der Waals surface area (Å²) in [6.07, 6.45) is 7.45. The van der Waals surface area contributed by atoms with Crippen molar-refractivity contribution in [3.63, 3.8) is 0 Å². The Morgan fingerprint density at radius 3 is 2.62 bits per heavy atom. The highest BCUT2D eigenvalue weighted by Gasteiger charge is 2.23. The van der Waals surface area contributed by atoms with Gasteiger partial charge >= 0.3 is 0 Å². The van der Waals surface area contributed by atoms with Crippen LogP contribution in [0.1, 0.15) is 41.4 Å². The Morgan fingerprint density at radius 1 is 1.08 bits per heavy atom. The molecule has 0 unspecified atom stereocenters. The average molecular weight is 612 g/mol. The summed E-state index contributed by atoms with van der Waals surface area (Å²) in [5, 5.41) is 2.00. The van der Waals surface area contributed by atoms with E-state index in [-0.39, 0.29) is 42.8 Å². The van der Waals surface area contributed by atoms with Crippen LogP contribution in [0.4, 0.5) is 0 Å². The van der Waals surface area contributed by atoms with Gasteiger partial charge < -0.3 is 13.9 Å². The quantitative estimate of drug-likeness (QED) is 0.241. The lowest BCUT2D eigenvalue weighted by atomic mass is 9.93. The molecule has 0 N–H and O–H groups in total. The van der Waals surface area contributed by atoms with E-state index in [0.29, 0.717) is 12.5 Å². The third kappa shape index (κ3) is 6.33. The number of aryl methyl sites for hydroxylation is 2. The number of hydrogen-bond donors (Lipinski definition) is 0. The second-order valence-electron chi connectivity index (χ2n) is 9.75. The van der Waals surface area contributed by atoms with Gasteiger partial charge in [0.15, 0.2) is 10.6 Å². The van der Waals surface area contributed by atoms with Crippen LogP contribution in [0.3, 0.4) is 0 Å². The fraction of sp³-hybridized carbons (Fsp3) is 0.407. The Hall–Kier alpha value is -2.43. The maximum absolute atomic E-state index is 13.1. The number of hydrogen-bond acceptors (Lipinski definition) is 7. The molecule has 0 atom stereocenters. The second kappa shape index (κ2) is 13.3. The van der Waals surface area contributed by atoms with Gasteiger partial charge in [-0.3, -0.25) is 9.20 Å². The van der Waals surface area contributed by atoms with Crippen LogP contribution >= 0.6 is 48.6 Å². The van der Waals surface area contributed by atoms with Gasteiger partial charge in [-0.1, -0.05) is 0 Å². The Kier molecular flexibility index (Phi) is 10.6.